The van der Waals surface area contributed by atoms with Gasteiger partial charge in [0.25, 0.3) is 0 Å². The van der Waals surface area contributed by atoms with Gasteiger partial charge in [-0.3, -0.25) is 10.5 Å². The quantitative estimate of drug-likeness (QED) is 0.631. The maximum Gasteiger partial charge on any atom is 0.416 e. The minimum absolute atomic E-state index is 0.310. The van der Waals surface area contributed by atoms with Crippen molar-refractivity contribution in [2.45, 2.75) is 12.2 Å². The summed E-state index contributed by atoms with van der Waals surface area (Å²) in [5.41, 5.74) is 2.50. The van der Waals surface area contributed by atoms with Crippen LogP contribution in [-0.4, -0.2) is 9.78 Å². The summed E-state index contributed by atoms with van der Waals surface area (Å²) in [6, 6.07) is 2.61. The third kappa shape index (κ3) is 3.23. The maximum atomic E-state index is 12.9. The molecule has 0 saturated carbocycles. The zero-order valence-corrected chi connectivity index (χ0v) is 13.1. The van der Waals surface area contributed by atoms with Crippen molar-refractivity contribution < 1.29 is 13.2 Å². The molecule has 1 atom stereocenters. The van der Waals surface area contributed by atoms with Crippen LogP contribution in [0, 0.1) is 0 Å². The highest BCUT2D eigenvalue weighted by Crippen LogP contribution is 2.36. The van der Waals surface area contributed by atoms with Crippen molar-refractivity contribution in [3.63, 3.8) is 0 Å². The first-order valence-corrected chi connectivity index (χ1v) is 6.93. The standard InChI is InChI=1S/C12H11BrClF3N4/c1-21-11(9(14)5-19-21)10(20-18)7-4-6(12(15,16)17)2-3-8(7)13/h2-5,10,20H,18H2,1H3. The smallest absolute Gasteiger partial charge is 0.271 e. The second-order valence-corrected chi connectivity index (χ2v) is 5.60. The van der Waals surface area contributed by atoms with Crippen molar-refractivity contribution in [1.82, 2.24) is 15.2 Å². The van der Waals surface area contributed by atoms with Crippen LogP contribution in [0.5, 0.6) is 0 Å². The largest absolute Gasteiger partial charge is 0.416 e. The third-order valence-electron chi connectivity index (χ3n) is 3.01. The maximum absolute atomic E-state index is 12.9. The molecule has 0 aliphatic carbocycles. The van der Waals surface area contributed by atoms with Gasteiger partial charge in [-0.25, -0.2) is 5.43 Å². The topological polar surface area (TPSA) is 55.9 Å². The number of hydrazine groups is 1. The lowest BCUT2D eigenvalue weighted by Gasteiger charge is -2.20. The first-order valence-electron chi connectivity index (χ1n) is 5.76. The Labute approximate surface area is 132 Å². The lowest BCUT2D eigenvalue weighted by Crippen LogP contribution is -2.31. The van der Waals surface area contributed by atoms with Crippen molar-refractivity contribution in [3.05, 3.63) is 50.7 Å². The van der Waals surface area contributed by atoms with Gasteiger partial charge in [-0.15, -0.1) is 0 Å². The minimum atomic E-state index is -4.44. The lowest BCUT2D eigenvalue weighted by molar-refractivity contribution is -0.137. The second kappa shape index (κ2) is 5.96. The Kier molecular flexibility index (Phi) is 4.62. The zero-order chi connectivity index (χ0) is 15.8. The highest BCUT2D eigenvalue weighted by Gasteiger charge is 2.32. The summed E-state index contributed by atoms with van der Waals surface area (Å²) >= 11 is 9.27. The number of hydrogen-bond acceptors (Lipinski definition) is 3. The number of alkyl halides is 3. The van der Waals surface area contributed by atoms with Gasteiger partial charge in [0, 0.05) is 11.5 Å². The molecule has 0 fully saturated rings. The number of halogens is 5. The molecular formula is C12H11BrClF3N4. The van der Waals surface area contributed by atoms with E-state index < -0.39 is 17.8 Å². The van der Waals surface area contributed by atoms with E-state index in [1.165, 1.54) is 16.9 Å². The van der Waals surface area contributed by atoms with Crippen LogP contribution in [0.3, 0.4) is 0 Å². The van der Waals surface area contributed by atoms with Gasteiger partial charge in [0.2, 0.25) is 0 Å². The van der Waals surface area contributed by atoms with Crippen LogP contribution in [0.15, 0.2) is 28.9 Å². The molecule has 1 aromatic heterocycles. The van der Waals surface area contributed by atoms with Crippen LogP contribution in [0.25, 0.3) is 0 Å². The Morgan fingerprint density at radius 3 is 2.57 bits per heavy atom. The van der Waals surface area contributed by atoms with Crippen LogP contribution in [-0.2, 0) is 13.2 Å². The van der Waals surface area contributed by atoms with Gasteiger partial charge in [0.05, 0.1) is 28.5 Å². The predicted octanol–water partition coefficient (Wildman–Crippen LogP) is 3.41. The third-order valence-corrected chi connectivity index (χ3v) is 4.03. The number of aryl methyl sites for hydroxylation is 1. The highest BCUT2D eigenvalue weighted by molar-refractivity contribution is 9.10. The monoisotopic (exact) mass is 382 g/mol. The molecule has 0 radical (unpaired) electrons. The summed E-state index contributed by atoms with van der Waals surface area (Å²) in [4.78, 5) is 0. The van der Waals surface area contributed by atoms with Crippen molar-refractivity contribution in [2.24, 2.45) is 12.9 Å². The van der Waals surface area contributed by atoms with Gasteiger partial charge in [-0.2, -0.15) is 18.3 Å². The number of rotatable bonds is 3. The molecule has 0 spiro atoms. The minimum Gasteiger partial charge on any atom is -0.271 e. The number of benzene rings is 1. The first-order chi connectivity index (χ1) is 9.75. The van der Waals surface area contributed by atoms with E-state index in [1.807, 2.05) is 0 Å². The van der Waals surface area contributed by atoms with Crippen LogP contribution >= 0.6 is 27.5 Å². The molecule has 2 rings (SSSR count). The molecule has 0 aliphatic heterocycles. The van der Waals surface area contributed by atoms with Crippen LogP contribution < -0.4 is 11.3 Å². The average Bonchev–Trinajstić information content (AvgIpc) is 2.72. The normalized spacial score (nSPS) is 13.5. The Hall–Kier alpha value is -1.09. The van der Waals surface area contributed by atoms with E-state index in [4.69, 9.17) is 17.4 Å². The molecule has 1 heterocycles. The summed E-state index contributed by atoms with van der Waals surface area (Å²) in [6.07, 6.45) is -3.03. The van der Waals surface area contributed by atoms with Gasteiger partial charge < -0.3 is 0 Å². The molecule has 1 aromatic carbocycles. The number of nitrogens with one attached hydrogen (secondary N) is 1. The van der Waals surface area contributed by atoms with E-state index in [0.29, 0.717) is 20.8 Å². The van der Waals surface area contributed by atoms with Crippen LogP contribution in [0.1, 0.15) is 22.9 Å². The zero-order valence-electron chi connectivity index (χ0n) is 10.7. The lowest BCUT2D eigenvalue weighted by atomic mass is 10.0. The number of hydrogen-bond donors (Lipinski definition) is 2. The van der Waals surface area contributed by atoms with Crippen LogP contribution in [0.4, 0.5) is 13.2 Å². The molecule has 3 N–H and O–H groups in total. The van der Waals surface area contributed by atoms with Crippen molar-refractivity contribution >= 4 is 27.5 Å². The van der Waals surface area contributed by atoms with E-state index >= 15 is 0 Å². The number of aromatic nitrogens is 2. The Morgan fingerprint density at radius 1 is 1.43 bits per heavy atom. The summed E-state index contributed by atoms with van der Waals surface area (Å²) < 4.78 is 40.5. The second-order valence-electron chi connectivity index (χ2n) is 4.34. The first kappa shape index (κ1) is 16.3. The SMILES string of the molecule is Cn1ncc(Cl)c1C(NN)c1cc(C(F)(F)F)ccc1Br. The van der Waals surface area contributed by atoms with Crippen molar-refractivity contribution in [2.75, 3.05) is 0 Å². The molecule has 2 aromatic rings. The Bertz CT molecular complexity index is 637. The fraction of sp³-hybridized carbons (Fsp3) is 0.250. The van der Waals surface area contributed by atoms with E-state index in [2.05, 4.69) is 26.5 Å². The Morgan fingerprint density at radius 2 is 2.10 bits per heavy atom. The molecule has 9 heteroatoms. The number of nitrogens with zero attached hydrogens (tertiary/aromatic N) is 2. The molecule has 21 heavy (non-hydrogen) atoms. The van der Waals surface area contributed by atoms with Crippen molar-refractivity contribution in [1.29, 1.82) is 0 Å². The van der Waals surface area contributed by atoms with E-state index in [9.17, 15) is 13.2 Å². The van der Waals surface area contributed by atoms with E-state index in [-0.39, 0.29) is 0 Å². The Balaban J connectivity index is 2.58. The molecular weight excluding hydrogens is 373 g/mol. The molecule has 0 amide bonds. The fourth-order valence-electron chi connectivity index (χ4n) is 2.00. The van der Waals surface area contributed by atoms with Crippen molar-refractivity contribution in [3.8, 4) is 0 Å². The highest BCUT2D eigenvalue weighted by atomic mass is 79.9. The van der Waals surface area contributed by atoms with Gasteiger partial charge in [0.15, 0.2) is 0 Å². The van der Waals surface area contributed by atoms with Gasteiger partial charge in [-0.05, 0) is 23.8 Å². The van der Waals surface area contributed by atoms with Crippen LogP contribution in [0.2, 0.25) is 5.02 Å². The summed E-state index contributed by atoms with van der Waals surface area (Å²) in [6.45, 7) is 0. The average molecular weight is 384 g/mol. The van der Waals surface area contributed by atoms with Gasteiger partial charge >= 0.3 is 6.18 Å². The molecule has 1 unspecified atom stereocenters. The summed E-state index contributed by atoms with van der Waals surface area (Å²) in [5, 5.41) is 4.27. The molecule has 0 bridgehead atoms. The van der Waals surface area contributed by atoms with E-state index in [0.717, 1.165) is 12.1 Å². The number of nitrogens with two attached hydrogens (primary N) is 1. The fourth-order valence-corrected chi connectivity index (χ4v) is 2.75. The molecule has 114 valence electrons. The van der Waals surface area contributed by atoms with Gasteiger partial charge in [-0.1, -0.05) is 27.5 Å². The molecule has 0 saturated heterocycles. The van der Waals surface area contributed by atoms with Gasteiger partial charge in [0.1, 0.15) is 0 Å². The van der Waals surface area contributed by atoms with E-state index in [1.54, 1.807) is 7.05 Å². The molecule has 0 aliphatic rings. The summed E-state index contributed by atoms with van der Waals surface area (Å²) in [7, 11) is 1.63. The molecule has 4 nitrogen and oxygen atoms in total. The summed E-state index contributed by atoms with van der Waals surface area (Å²) in [5.74, 6) is 5.51. The predicted molar refractivity (Wildman–Crippen MR) is 76.5 cm³/mol.